The molecule has 0 radical (unpaired) electrons. The summed E-state index contributed by atoms with van der Waals surface area (Å²) in [6.07, 6.45) is 3.63. The second-order valence-corrected chi connectivity index (χ2v) is 10.0. The molecule has 1 heterocycles. The van der Waals surface area contributed by atoms with Gasteiger partial charge >= 0.3 is 0 Å². The summed E-state index contributed by atoms with van der Waals surface area (Å²) >= 11 is 0. The molecule has 1 N–H and O–H groups in total. The number of benzene rings is 2. The van der Waals surface area contributed by atoms with E-state index >= 15 is 0 Å². The molecule has 1 aromatic heterocycles. The molecule has 162 valence electrons. The van der Waals surface area contributed by atoms with E-state index < -0.39 is 0 Å². The van der Waals surface area contributed by atoms with Crippen molar-refractivity contribution in [2.45, 2.75) is 66.0 Å². The number of nitriles is 1. The summed E-state index contributed by atoms with van der Waals surface area (Å²) in [5.41, 5.74) is 3.83. The van der Waals surface area contributed by atoms with Crippen LogP contribution in [-0.2, 0) is 0 Å². The van der Waals surface area contributed by atoms with Crippen LogP contribution in [0.3, 0.4) is 0 Å². The highest BCUT2D eigenvalue weighted by Crippen LogP contribution is 2.46. The van der Waals surface area contributed by atoms with E-state index in [0.717, 1.165) is 41.3 Å². The van der Waals surface area contributed by atoms with E-state index in [1.54, 1.807) is 0 Å². The van der Waals surface area contributed by atoms with E-state index in [-0.39, 0.29) is 6.10 Å². The standard InChI is InChI=1S/C26H32N4O/c1-17(2)31-22-9-7-20(8-10-22)28-25-29-23-13-19(16-27)6-11-24(23)30(25)21-12-18(3)14-26(4,5)15-21/h6-11,13,17-18,21H,12,14-15H2,1-5H3,(H,28,29)/t18-,21+/m1/s1. The number of hydrogen-bond donors (Lipinski definition) is 1. The average Bonchev–Trinajstić information content (AvgIpc) is 3.04. The van der Waals surface area contributed by atoms with Crippen molar-refractivity contribution in [3.05, 3.63) is 48.0 Å². The Morgan fingerprint density at radius 2 is 1.90 bits per heavy atom. The topological polar surface area (TPSA) is 62.9 Å². The normalized spacial score (nSPS) is 20.5. The molecule has 1 aliphatic rings. The molecule has 0 bridgehead atoms. The van der Waals surface area contributed by atoms with Gasteiger partial charge in [-0.1, -0.05) is 20.8 Å². The smallest absolute Gasteiger partial charge is 0.208 e. The summed E-state index contributed by atoms with van der Waals surface area (Å²) in [5, 5.41) is 12.9. The Morgan fingerprint density at radius 1 is 1.16 bits per heavy atom. The molecule has 1 saturated carbocycles. The van der Waals surface area contributed by atoms with Gasteiger partial charge in [-0.15, -0.1) is 0 Å². The molecular formula is C26H32N4O. The van der Waals surface area contributed by atoms with Crippen LogP contribution in [0.2, 0.25) is 0 Å². The largest absolute Gasteiger partial charge is 0.491 e. The summed E-state index contributed by atoms with van der Waals surface area (Å²) in [4.78, 5) is 4.90. The Labute approximate surface area is 185 Å². The number of nitrogens with one attached hydrogen (secondary N) is 1. The number of rotatable bonds is 5. The molecule has 0 amide bonds. The van der Waals surface area contributed by atoms with Gasteiger partial charge < -0.3 is 14.6 Å². The first-order valence-corrected chi connectivity index (χ1v) is 11.2. The lowest BCUT2D eigenvalue weighted by Gasteiger charge is -2.40. The van der Waals surface area contributed by atoms with Gasteiger partial charge in [-0.25, -0.2) is 4.98 Å². The van der Waals surface area contributed by atoms with Gasteiger partial charge in [0.1, 0.15) is 5.75 Å². The molecule has 0 spiro atoms. The van der Waals surface area contributed by atoms with E-state index in [1.165, 1.54) is 6.42 Å². The first kappa shape index (κ1) is 21.2. The Balaban J connectivity index is 1.73. The maximum Gasteiger partial charge on any atom is 0.208 e. The molecule has 0 aliphatic heterocycles. The van der Waals surface area contributed by atoms with E-state index in [2.05, 4.69) is 36.7 Å². The maximum atomic E-state index is 9.34. The van der Waals surface area contributed by atoms with Crippen molar-refractivity contribution < 1.29 is 4.74 Å². The van der Waals surface area contributed by atoms with Crippen LogP contribution >= 0.6 is 0 Å². The zero-order valence-corrected chi connectivity index (χ0v) is 19.1. The second-order valence-electron chi connectivity index (χ2n) is 10.0. The zero-order chi connectivity index (χ0) is 22.2. The minimum absolute atomic E-state index is 0.147. The summed E-state index contributed by atoms with van der Waals surface area (Å²) < 4.78 is 8.12. The molecule has 2 atom stereocenters. The number of hydrogen-bond acceptors (Lipinski definition) is 4. The van der Waals surface area contributed by atoms with Crippen LogP contribution in [0.5, 0.6) is 5.75 Å². The fraction of sp³-hybridized carbons (Fsp3) is 0.462. The van der Waals surface area contributed by atoms with Crippen molar-refractivity contribution in [2.24, 2.45) is 11.3 Å². The van der Waals surface area contributed by atoms with Crippen LogP contribution in [0.1, 0.15) is 65.5 Å². The quantitative estimate of drug-likeness (QED) is 0.495. The first-order valence-electron chi connectivity index (χ1n) is 11.2. The van der Waals surface area contributed by atoms with Crippen molar-refractivity contribution in [2.75, 3.05) is 5.32 Å². The lowest BCUT2D eigenvalue weighted by molar-refractivity contribution is 0.140. The second kappa shape index (κ2) is 8.26. The minimum Gasteiger partial charge on any atom is -0.491 e. The molecule has 4 rings (SSSR count). The highest BCUT2D eigenvalue weighted by Gasteiger charge is 2.34. The Kier molecular flexibility index (Phi) is 5.66. The van der Waals surface area contributed by atoms with Gasteiger partial charge in [0.25, 0.3) is 0 Å². The Bertz CT molecular complexity index is 1100. The molecule has 1 fully saturated rings. The van der Waals surface area contributed by atoms with Gasteiger partial charge in [0, 0.05) is 11.7 Å². The van der Waals surface area contributed by atoms with Crippen LogP contribution < -0.4 is 10.1 Å². The van der Waals surface area contributed by atoms with Crippen molar-refractivity contribution in [3.8, 4) is 11.8 Å². The van der Waals surface area contributed by atoms with Gasteiger partial charge in [-0.2, -0.15) is 5.26 Å². The molecule has 0 saturated heterocycles. The van der Waals surface area contributed by atoms with Crippen molar-refractivity contribution in [3.63, 3.8) is 0 Å². The van der Waals surface area contributed by atoms with E-state index in [0.29, 0.717) is 22.9 Å². The van der Waals surface area contributed by atoms with Gasteiger partial charge in [0.15, 0.2) is 0 Å². The van der Waals surface area contributed by atoms with Crippen LogP contribution in [0.4, 0.5) is 11.6 Å². The monoisotopic (exact) mass is 416 g/mol. The summed E-state index contributed by atoms with van der Waals surface area (Å²) in [5.74, 6) is 2.35. The number of anilines is 2. The highest BCUT2D eigenvalue weighted by atomic mass is 16.5. The molecule has 1 aliphatic carbocycles. The predicted octanol–water partition coefficient (Wildman–Crippen LogP) is 6.83. The SMILES string of the molecule is CC(C)Oc1ccc(Nc2nc3cc(C#N)ccc3n2[C@H]2C[C@@H](C)CC(C)(C)C2)cc1. The highest BCUT2D eigenvalue weighted by molar-refractivity contribution is 5.81. The van der Waals surface area contributed by atoms with Crippen LogP contribution in [0, 0.1) is 22.7 Å². The fourth-order valence-corrected chi connectivity index (χ4v) is 5.14. The van der Waals surface area contributed by atoms with Gasteiger partial charge in [-0.05, 0) is 86.9 Å². The third-order valence-corrected chi connectivity index (χ3v) is 6.03. The molecular weight excluding hydrogens is 384 g/mol. The number of imidazole rings is 1. The molecule has 2 aromatic carbocycles. The molecule has 3 aromatic rings. The van der Waals surface area contributed by atoms with Crippen LogP contribution in [-0.4, -0.2) is 15.7 Å². The molecule has 31 heavy (non-hydrogen) atoms. The summed E-state index contributed by atoms with van der Waals surface area (Å²) in [6, 6.07) is 16.4. The lowest BCUT2D eigenvalue weighted by Crippen LogP contribution is -2.29. The van der Waals surface area contributed by atoms with Gasteiger partial charge in [0.2, 0.25) is 5.95 Å². The third kappa shape index (κ3) is 4.69. The first-order chi connectivity index (χ1) is 14.7. The summed E-state index contributed by atoms with van der Waals surface area (Å²) in [7, 11) is 0. The third-order valence-electron chi connectivity index (χ3n) is 6.03. The van der Waals surface area contributed by atoms with E-state index in [1.807, 2.05) is 56.3 Å². The molecule has 5 heteroatoms. The molecule has 0 unspecified atom stereocenters. The number of nitrogens with zero attached hydrogens (tertiary/aromatic N) is 3. The van der Waals surface area contributed by atoms with Gasteiger partial charge in [-0.3, -0.25) is 0 Å². The maximum absolute atomic E-state index is 9.34. The van der Waals surface area contributed by atoms with E-state index in [9.17, 15) is 5.26 Å². The Hall–Kier alpha value is -3.00. The Morgan fingerprint density at radius 3 is 2.55 bits per heavy atom. The van der Waals surface area contributed by atoms with Crippen LogP contribution in [0.25, 0.3) is 11.0 Å². The molecule has 5 nitrogen and oxygen atoms in total. The minimum atomic E-state index is 0.147. The summed E-state index contributed by atoms with van der Waals surface area (Å²) in [6.45, 7) is 11.1. The lowest BCUT2D eigenvalue weighted by atomic mass is 9.70. The van der Waals surface area contributed by atoms with Gasteiger partial charge in [0.05, 0.1) is 28.8 Å². The number of ether oxygens (including phenoxy) is 1. The number of fused-ring (bicyclic) bond motifs is 1. The predicted molar refractivity (Wildman–Crippen MR) is 126 cm³/mol. The zero-order valence-electron chi connectivity index (χ0n) is 19.1. The fourth-order valence-electron chi connectivity index (χ4n) is 5.14. The van der Waals surface area contributed by atoms with Crippen molar-refractivity contribution >= 4 is 22.7 Å². The van der Waals surface area contributed by atoms with Crippen molar-refractivity contribution in [1.82, 2.24) is 9.55 Å². The number of aromatic nitrogens is 2. The van der Waals surface area contributed by atoms with Crippen molar-refractivity contribution in [1.29, 1.82) is 5.26 Å². The van der Waals surface area contributed by atoms with E-state index in [4.69, 9.17) is 9.72 Å². The average molecular weight is 417 g/mol. The van der Waals surface area contributed by atoms with Crippen LogP contribution in [0.15, 0.2) is 42.5 Å².